The largest absolute Gasteiger partial charge is 0.412 e. The Kier molecular flexibility index (Phi) is 2.04. The fraction of sp³-hybridized carbons (Fsp3) is 0.500. The number of rotatable bonds is 0. The Hall–Kier alpha value is -0.770. The van der Waals surface area contributed by atoms with Crippen LogP contribution < -0.4 is 5.73 Å². The molecule has 0 saturated heterocycles. The highest BCUT2D eigenvalue weighted by Crippen LogP contribution is 2.33. The minimum absolute atomic E-state index is 0.146. The van der Waals surface area contributed by atoms with Crippen LogP contribution in [0.25, 0.3) is 0 Å². The minimum atomic E-state index is -4.24. The molecule has 4 heteroatoms. The van der Waals surface area contributed by atoms with E-state index in [1.807, 2.05) is 0 Å². The number of halogens is 3. The second-order valence-electron chi connectivity index (χ2n) is 3.23. The number of alkyl halides is 3. The lowest BCUT2D eigenvalue weighted by Crippen LogP contribution is -2.37. The van der Waals surface area contributed by atoms with E-state index in [4.69, 9.17) is 5.73 Å². The zero-order chi connectivity index (χ0) is 9.41. The van der Waals surface area contributed by atoms with Gasteiger partial charge in [0.2, 0.25) is 0 Å². The quantitative estimate of drug-likeness (QED) is 0.602. The number of allylic oxidation sites excluding steroid dienone is 2. The Labute approximate surface area is 68.7 Å². The molecule has 1 atom stereocenters. The summed E-state index contributed by atoms with van der Waals surface area (Å²) in [4.78, 5) is 0. The van der Waals surface area contributed by atoms with E-state index in [1.165, 1.54) is 6.08 Å². The van der Waals surface area contributed by atoms with E-state index >= 15 is 0 Å². The molecule has 0 aliphatic heterocycles. The van der Waals surface area contributed by atoms with Gasteiger partial charge < -0.3 is 5.73 Å². The van der Waals surface area contributed by atoms with Gasteiger partial charge in [0.15, 0.2) is 0 Å². The summed E-state index contributed by atoms with van der Waals surface area (Å²) in [7, 11) is 0. The van der Waals surface area contributed by atoms with Gasteiger partial charge in [0.05, 0.1) is 0 Å². The van der Waals surface area contributed by atoms with Gasteiger partial charge in [-0.3, -0.25) is 0 Å². The molecule has 1 rings (SSSR count). The Morgan fingerprint density at radius 1 is 1.50 bits per heavy atom. The molecule has 0 bridgehead atoms. The third-order valence-corrected chi connectivity index (χ3v) is 1.71. The molecular formula is C8H10F3N. The summed E-state index contributed by atoms with van der Waals surface area (Å²) in [5.74, 6) is 0. The first kappa shape index (κ1) is 9.32. The highest BCUT2D eigenvalue weighted by Gasteiger charge is 2.37. The van der Waals surface area contributed by atoms with Gasteiger partial charge in [0.1, 0.15) is 0 Å². The van der Waals surface area contributed by atoms with E-state index in [0.717, 1.165) is 6.08 Å². The molecule has 1 aliphatic rings. The van der Waals surface area contributed by atoms with Crippen LogP contribution >= 0.6 is 0 Å². The third kappa shape index (κ3) is 2.11. The molecule has 0 radical (unpaired) electrons. The van der Waals surface area contributed by atoms with E-state index in [0.29, 0.717) is 0 Å². The van der Waals surface area contributed by atoms with Gasteiger partial charge >= 0.3 is 6.18 Å². The molecule has 0 heterocycles. The summed E-state index contributed by atoms with van der Waals surface area (Å²) in [6.45, 7) is 1.57. The number of hydrogen-bond acceptors (Lipinski definition) is 1. The normalized spacial score (nSPS) is 30.2. The van der Waals surface area contributed by atoms with E-state index in [1.54, 1.807) is 13.0 Å². The van der Waals surface area contributed by atoms with Gasteiger partial charge in [-0.2, -0.15) is 13.2 Å². The fourth-order valence-corrected chi connectivity index (χ4v) is 1.11. The maximum atomic E-state index is 12.1. The number of hydrogen-bond donors (Lipinski definition) is 1. The highest BCUT2D eigenvalue weighted by atomic mass is 19.4. The van der Waals surface area contributed by atoms with Crippen LogP contribution in [0.4, 0.5) is 13.2 Å². The molecule has 0 aromatic rings. The molecule has 0 saturated carbocycles. The molecule has 0 fully saturated rings. The summed E-state index contributed by atoms with van der Waals surface area (Å²) in [6, 6.07) is 0. The van der Waals surface area contributed by atoms with Crippen LogP contribution in [0.5, 0.6) is 0 Å². The summed E-state index contributed by atoms with van der Waals surface area (Å²) >= 11 is 0. The van der Waals surface area contributed by atoms with Crippen LogP contribution in [0.1, 0.15) is 13.3 Å². The first-order valence-corrected chi connectivity index (χ1v) is 3.56. The van der Waals surface area contributed by atoms with Gasteiger partial charge in [-0.05, 0) is 13.3 Å². The first-order chi connectivity index (χ1) is 5.31. The molecule has 0 aromatic carbocycles. The molecule has 0 unspecified atom stereocenters. The van der Waals surface area contributed by atoms with Crippen molar-refractivity contribution in [3.63, 3.8) is 0 Å². The predicted octanol–water partition coefficient (Wildman–Crippen LogP) is 2.15. The van der Waals surface area contributed by atoms with Crippen LogP contribution in [0.15, 0.2) is 23.8 Å². The van der Waals surface area contributed by atoms with Crippen LogP contribution in [0, 0.1) is 0 Å². The highest BCUT2D eigenvalue weighted by molar-refractivity contribution is 5.28. The maximum absolute atomic E-state index is 12.1. The summed E-state index contributed by atoms with van der Waals surface area (Å²) in [5, 5.41) is 0. The molecule has 1 aliphatic carbocycles. The van der Waals surface area contributed by atoms with Gasteiger partial charge in [-0.15, -0.1) is 0 Å². The lowest BCUT2D eigenvalue weighted by molar-refractivity contribution is -0.0953. The Balaban J connectivity index is 2.84. The molecule has 12 heavy (non-hydrogen) atoms. The van der Waals surface area contributed by atoms with Crippen LogP contribution in [-0.2, 0) is 0 Å². The molecule has 1 nitrogen and oxygen atoms in total. The van der Waals surface area contributed by atoms with Crippen LogP contribution in [0.2, 0.25) is 0 Å². The molecule has 0 amide bonds. The van der Waals surface area contributed by atoms with E-state index in [9.17, 15) is 13.2 Å². The monoisotopic (exact) mass is 177 g/mol. The topological polar surface area (TPSA) is 26.0 Å². The molecule has 0 spiro atoms. The smallest absolute Gasteiger partial charge is 0.322 e. The lowest BCUT2D eigenvalue weighted by Gasteiger charge is -2.25. The van der Waals surface area contributed by atoms with Crippen LogP contribution in [0.3, 0.4) is 0 Å². The van der Waals surface area contributed by atoms with Crippen LogP contribution in [-0.4, -0.2) is 11.7 Å². The van der Waals surface area contributed by atoms with Gasteiger partial charge in [0, 0.05) is 11.1 Å². The Morgan fingerprint density at radius 2 is 2.08 bits per heavy atom. The van der Waals surface area contributed by atoms with E-state index in [-0.39, 0.29) is 6.42 Å². The van der Waals surface area contributed by atoms with Crippen molar-refractivity contribution in [2.75, 3.05) is 0 Å². The Morgan fingerprint density at radius 3 is 2.42 bits per heavy atom. The molecule has 0 aromatic heterocycles. The average Bonchev–Trinajstić information content (AvgIpc) is 1.83. The second-order valence-corrected chi connectivity index (χ2v) is 3.23. The standard InChI is InChI=1S/C8H10F3N/c1-7(12)4-2-3-6(5-7)8(9,10)11/h2-4H,5,12H2,1H3/t7-/m0/s1. The van der Waals surface area contributed by atoms with Crippen molar-refractivity contribution >= 4 is 0 Å². The SMILES string of the molecule is C[C@]1(N)C=CC=C(C(F)(F)F)C1. The van der Waals surface area contributed by atoms with E-state index < -0.39 is 17.3 Å². The first-order valence-electron chi connectivity index (χ1n) is 3.56. The van der Waals surface area contributed by atoms with Gasteiger partial charge in [-0.1, -0.05) is 18.2 Å². The van der Waals surface area contributed by atoms with Gasteiger partial charge in [0.25, 0.3) is 0 Å². The summed E-state index contributed by atoms with van der Waals surface area (Å²) < 4.78 is 36.4. The Bertz CT molecular complexity index is 235. The summed E-state index contributed by atoms with van der Waals surface area (Å²) in [6.07, 6.45) is -0.401. The minimum Gasteiger partial charge on any atom is -0.322 e. The van der Waals surface area contributed by atoms with Crippen molar-refractivity contribution in [2.45, 2.75) is 25.1 Å². The van der Waals surface area contributed by atoms with Crippen molar-refractivity contribution in [2.24, 2.45) is 5.73 Å². The zero-order valence-electron chi connectivity index (χ0n) is 6.65. The molecular weight excluding hydrogens is 167 g/mol. The van der Waals surface area contributed by atoms with Crippen molar-refractivity contribution < 1.29 is 13.2 Å². The predicted molar refractivity (Wildman–Crippen MR) is 40.5 cm³/mol. The van der Waals surface area contributed by atoms with Crippen molar-refractivity contribution in [3.05, 3.63) is 23.8 Å². The second kappa shape index (κ2) is 2.62. The maximum Gasteiger partial charge on any atom is 0.412 e. The van der Waals surface area contributed by atoms with Gasteiger partial charge in [-0.25, -0.2) is 0 Å². The van der Waals surface area contributed by atoms with Crippen molar-refractivity contribution in [3.8, 4) is 0 Å². The van der Waals surface area contributed by atoms with Crippen molar-refractivity contribution in [1.82, 2.24) is 0 Å². The summed E-state index contributed by atoms with van der Waals surface area (Å²) in [5.41, 5.74) is 4.12. The van der Waals surface area contributed by atoms with E-state index in [2.05, 4.69) is 0 Å². The third-order valence-electron chi connectivity index (χ3n) is 1.71. The average molecular weight is 177 g/mol. The fourth-order valence-electron chi connectivity index (χ4n) is 1.11. The van der Waals surface area contributed by atoms with Crippen molar-refractivity contribution in [1.29, 1.82) is 0 Å². The zero-order valence-corrected chi connectivity index (χ0v) is 6.65. The molecule has 2 N–H and O–H groups in total. The molecule has 68 valence electrons. The number of nitrogens with two attached hydrogens (primary N) is 1. The lowest BCUT2D eigenvalue weighted by atomic mass is 9.89.